The van der Waals surface area contributed by atoms with Gasteiger partial charge in [0.25, 0.3) is 0 Å². The van der Waals surface area contributed by atoms with E-state index in [1.807, 2.05) is 36.4 Å². The van der Waals surface area contributed by atoms with E-state index in [9.17, 15) is 9.18 Å². The molecule has 2 aromatic rings. The van der Waals surface area contributed by atoms with Crippen molar-refractivity contribution in [1.82, 2.24) is 5.43 Å². The predicted molar refractivity (Wildman–Crippen MR) is 86.5 cm³/mol. The highest BCUT2D eigenvalue weighted by atomic mass is 19.1. The topological polar surface area (TPSA) is 67.5 Å². The second-order valence-corrected chi connectivity index (χ2v) is 4.65. The summed E-state index contributed by atoms with van der Waals surface area (Å²) in [6.45, 7) is 1.76. The van der Waals surface area contributed by atoms with E-state index in [1.165, 1.54) is 12.1 Å². The van der Waals surface area contributed by atoms with E-state index in [-0.39, 0.29) is 5.82 Å². The lowest BCUT2D eigenvalue weighted by Crippen LogP contribution is -2.25. The van der Waals surface area contributed by atoms with Gasteiger partial charge in [-0.05, 0) is 36.3 Å². The van der Waals surface area contributed by atoms with Crippen LogP contribution in [0.2, 0.25) is 0 Å². The molecular weight excluding hydrogens is 281 g/mol. The number of amides is 2. The molecule has 4 nitrogen and oxygen atoms in total. The summed E-state index contributed by atoms with van der Waals surface area (Å²) in [5.74, 6) is -0.292. The molecular formula is C17H16FN3O. The number of carbonyl (C=O) groups excluding carboxylic acids is 1. The lowest BCUT2D eigenvalue weighted by atomic mass is 9.99. The molecule has 0 fully saturated rings. The van der Waals surface area contributed by atoms with Gasteiger partial charge >= 0.3 is 6.03 Å². The third-order valence-electron chi connectivity index (χ3n) is 2.99. The molecule has 0 aliphatic rings. The third-order valence-corrected chi connectivity index (χ3v) is 2.99. The Bertz CT molecular complexity index is 706. The first-order valence-electron chi connectivity index (χ1n) is 6.69. The molecule has 0 unspecified atom stereocenters. The zero-order valence-electron chi connectivity index (χ0n) is 12.1. The van der Waals surface area contributed by atoms with Crippen molar-refractivity contribution in [3.8, 4) is 0 Å². The first-order valence-corrected chi connectivity index (χ1v) is 6.69. The van der Waals surface area contributed by atoms with Crippen LogP contribution in [0, 0.1) is 5.82 Å². The van der Waals surface area contributed by atoms with Gasteiger partial charge in [0.05, 0.1) is 5.71 Å². The predicted octanol–water partition coefficient (Wildman–Crippen LogP) is 3.41. The van der Waals surface area contributed by atoms with Crippen LogP contribution in [-0.2, 0) is 0 Å². The van der Waals surface area contributed by atoms with Crippen LogP contribution in [0.15, 0.2) is 59.7 Å². The molecule has 0 radical (unpaired) electrons. The number of nitrogens with two attached hydrogens (primary N) is 1. The highest BCUT2D eigenvalue weighted by Crippen LogP contribution is 2.20. The van der Waals surface area contributed by atoms with Gasteiger partial charge in [0, 0.05) is 5.57 Å². The summed E-state index contributed by atoms with van der Waals surface area (Å²) in [6.07, 6.45) is 1.87. The van der Waals surface area contributed by atoms with Crippen molar-refractivity contribution >= 4 is 23.4 Å². The Kier molecular flexibility index (Phi) is 5.03. The number of primary amides is 1. The number of carbonyl (C=O) groups is 1. The summed E-state index contributed by atoms with van der Waals surface area (Å²) in [6, 6.07) is 15.0. The molecule has 2 rings (SSSR count). The van der Waals surface area contributed by atoms with Crippen LogP contribution in [0.1, 0.15) is 18.1 Å². The number of benzene rings is 2. The van der Waals surface area contributed by atoms with Gasteiger partial charge in [-0.1, -0.05) is 42.5 Å². The fourth-order valence-electron chi connectivity index (χ4n) is 1.94. The number of halogens is 1. The quantitative estimate of drug-likeness (QED) is 0.507. The third kappa shape index (κ3) is 4.28. The maximum atomic E-state index is 13.0. The Morgan fingerprint density at radius 1 is 1.14 bits per heavy atom. The summed E-state index contributed by atoms with van der Waals surface area (Å²) in [7, 11) is 0. The normalized spacial score (nSPS) is 12.1. The van der Waals surface area contributed by atoms with Crippen molar-refractivity contribution in [2.45, 2.75) is 6.92 Å². The summed E-state index contributed by atoms with van der Waals surface area (Å²) in [4.78, 5) is 10.8. The Morgan fingerprint density at radius 3 is 2.36 bits per heavy atom. The van der Waals surface area contributed by atoms with Crippen LogP contribution in [0.5, 0.6) is 0 Å². The highest BCUT2D eigenvalue weighted by molar-refractivity contribution is 6.27. The number of rotatable bonds is 4. The number of hydrogen-bond donors (Lipinski definition) is 2. The van der Waals surface area contributed by atoms with Crippen LogP contribution in [0.3, 0.4) is 0 Å². The van der Waals surface area contributed by atoms with Crippen molar-refractivity contribution in [3.63, 3.8) is 0 Å². The molecule has 0 bridgehead atoms. The minimum absolute atomic E-state index is 0.292. The molecule has 2 amide bonds. The average Bonchev–Trinajstić information content (AvgIpc) is 2.53. The van der Waals surface area contributed by atoms with Crippen molar-refractivity contribution in [3.05, 3.63) is 71.5 Å². The SMILES string of the molecule is CC(=N/NC(N)=O)/C(=C\c1ccc(F)cc1)c1ccccc1. The summed E-state index contributed by atoms with van der Waals surface area (Å²) >= 11 is 0. The number of hydrogen-bond acceptors (Lipinski definition) is 2. The molecule has 2 aromatic carbocycles. The van der Waals surface area contributed by atoms with E-state index < -0.39 is 6.03 Å². The van der Waals surface area contributed by atoms with Crippen LogP contribution >= 0.6 is 0 Å². The van der Waals surface area contributed by atoms with E-state index in [0.717, 1.165) is 16.7 Å². The molecule has 3 N–H and O–H groups in total. The lowest BCUT2D eigenvalue weighted by Gasteiger charge is -2.08. The van der Waals surface area contributed by atoms with E-state index in [1.54, 1.807) is 19.1 Å². The van der Waals surface area contributed by atoms with Gasteiger partial charge in [-0.15, -0.1) is 0 Å². The largest absolute Gasteiger partial charge is 0.350 e. The van der Waals surface area contributed by atoms with E-state index in [0.29, 0.717) is 5.71 Å². The lowest BCUT2D eigenvalue weighted by molar-refractivity contribution is 0.249. The number of allylic oxidation sites excluding steroid dienone is 1. The van der Waals surface area contributed by atoms with Crippen molar-refractivity contribution in [1.29, 1.82) is 0 Å². The average molecular weight is 297 g/mol. The van der Waals surface area contributed by atoms with Crippen LogP contribution in [-0.4, -0.2) is 11.7 Å². The highest BCUT2D eigenvalue weighted by Gasteiger charge is 2.06. The van der Waals surface area contributed by atoms with Gasteiger partial charge < -0.3 is 5.73 Å². The van der Waals surface area contributed by atoms with Crippen LogP contribution < -0.4 is 11.2 Å². The molecule has 5 heteroatoms. The van der Waals surface area contributed by atoms with Gasteiger partial charge in [0.1, 0.15) is 5.82 Å². The van der Waals surface area contributed by atoms with Crippen molar-refractivity contribution in [2.24, 2.45) is 10.8 Å². The smallest absolute Gasteiger partial charge is 0.332 e. The van der Waals surface area contributed by atoms with Gasteiger partial charge in [-0.2, -0.15) is 5.10 Å². The second kappa shape index (κ2) is 7.17. The van der Waals surface area contributed by atoms with Crippen molar-refractivity contribution < 1.29 is 9.18 Å². The standard InChI is InChI=1S/C17H16FN3O/c1-12(20-21-17(19)22)16(14-5-3-2-4-6-14)11-13-7-9-15(18)10-8-13/h2-11H,1H3,(H3,19,21,22)/b16-11+,20-12-. The van der Waals surface area contributed by atoms with Crippen LogP contribution in [0.25, 0.3) is 11.6 Å². The molecule has 112 valence electrons. The Hall–Kier alpha value is -2.95. The molecule has 0 spiro atoms. The van der Waals surface area contributed by atoms with Crippen molar-refractivity contribution in [2.75, 3.05) is 0 Å². The maximum Gasteiger partial charge on any atom is 0.332 e. The fourth-order valence-corrected chi connectivity index (χ4v) is 1.94. The number of hydrazone groups is 1. The van der Waals surface area contributed by atoms with E-state index in [4.69, 9.17) is 5.73 Å². The Balaban J connectivity index is 2.43. The molecule has 0 aliphatic carbocycles. The molecule has 0 aliphatic heterocycles. The maximum absolute atomic E-state index is 13.0. The van der Waals surface area contributed by atoms with Gasteiger partial charge in [0.2, 0.25) is 0 Å². The van der Waals surface area contributed by atoms with Crippen LogP contribution in [0.4, 0.5) is 9.18 Å². The molecule has 0 saturated carbocycles. The van der Waals surface area contributed by atoms with E-state index >= 15 is 0 Å². The van der Waals surface area contributed by atoms with Gasteiger partial charge in [-0.25, -0.2) is 14.6 Å². The molecule has 0 atom stereocenters. The monoisotopic (exact) mass is 297 g/mol. The second-order valence-electron chi connectivity index (χ2n) is 4.65. The number of nitrogens with one attached hydrogen (secondary N) is 1. The zero-order valence-corrected chi connectivity index (χ0v) is 12.1. The number of nitrogens with zero attached hydrogens (tertiary/aromatic N) is 1. The molecule has 0 aromatic heterocycles. The summed E-state index contributed by atoms with van der Waals surface area (Å²) in [5, 5.41) is 3.96. The van der Waals surface area contributed by atoms with E-state index in [2.05, 4.69) is 10.5 Å². The first kappa shape index (κ1) is 15.4. The van der Waals surface area contributed by atoms with Gasteiger partial charge in [0.15, 0.2) is 0 Å². The van der Waals surface area contributed by atoms with Gasteiger partial charge in [-0.3, -0.25) is 0 Å². The number of urea groups is 1. The Labute approximate surface area is 128 Å². The molecule has 0 heterocycles. The molecule has 22 heavy (non-hydrogen) atoms. The minimum Gasteiger partial charge on any atom is -0.350 e. The zero-order chi connectivity index (χ0) is 15.9. The fraction of sp³-hybridized carbons (Fsp3) is 0.0588. The Morgan fingerprint density at radius 2 is 1.77 bits per heavy atom. The summed E-state index contributed by atoms with van der Waals surface area (Å²) in [5.41, 5.74) is 10.4. The molecule has 0 saturated heterocycles. The first-order chi connectivity index (χ1) is 10.6. The minimum atomic E-state index is -0.728. The summed E-state index contributed by atoms with van der Waals surface area (Å²) < 4.78 is 13.0.